The van der Waals surface area contributed by atoms with Crippen molar-refractivity contribution in [3.8, 4) is 11.5 Å². The van der Waals surface area contributed by atoms with Crippen LogP contribution in [0.3, 0.4) is 0 Å². The van der Waals surface area contributed by atoms with E-state index < -0.39 is 0 Å². The highest BCUT2D eigenvalue weighted by atomic mass is 16.5. The standard InChI is InChI=1S/C18H26N2O4/c1-23-15-8-7-14(12-16(15)24-2)9-10-19-17(21)13-20-11-5-3-4-6-18(20)22/h7-8,12H,3-6,9-11,13H2,1-2H3,(H,19,21). The van der Waals surface area contributed by atoms with Crippen LogP contribution in [0.4, 0.5) is 0 Å². The lowest BCUT2D eigenvalue weighted by atomic mass is 10.1. The van der Waals surface area contributed by atoms with Crippen molar-refractivity contribution in [2.75, 3.05) is 33.9 Å². The van der Waals surface area contributed by atoms with Crippen LogP contribution >= 0.6 is 0 Å². The third-order valence-corrected chi connectivity index (χ3v) is 4.19. The molecule has 1 N–H and O–H groups in total. The van der Waals surface area contributed by atoms with Crippen LogP contribution in [0.25, 0.3) is 0 Å². The van der Waals surface area contributed by atoms with Gasteiger partial charge in [0.05, 0.1) is 20.8 Å². The summed E-state index contributed by atoms with van der Waals surface area (Å²) >= 11 is 0. The smallest absolute Gasteiger partial charge is 0.239 e. The van der Waals surface area contributed by atoms with E-state index in [1.165, 1.54) is 0 Å². The monoisotopic (exact) mass is 334 g/mol. The highest BCUT2D eigenvalue weighted by Crippen LogP contribution is 2.27. The van der Waals surface area contributed by atoms with Crippen LogP contribution in [0.1, 0.15) is 31.2 Å². The molecule has 2 amide bonds. The molecule has 0 saturated carbocycles. The topological polar surface area (TPSA) is 67.9 Å². The second-order valence-electron chi connectivity index (χ2n) is 5.92. The maximum absolute atomic E-state index is 12.0. The Bertz CT molecular complexity index is 574. The van der Waals surface area contributed by atoms with Gasteiger partial charge in [-0.15, -0.1) is 0 Å². The lowest BCUT2D eigenvalue weighted by Crippen LogP contribution is -2.41. The van der Waals surface area contributed by atoms with Crippen molar-refractivity contribution in [3.05, 3.63) is 23.8 Å². The zero-order chi connectivity index (χ0) is 17.4. The molecule has 0 aromatic heterocycles. The van der Waals surface area contributed by atoms with E-state index in [9.17, 15) is 9.59 Å². The summed E-state index contributed by atoms with van der Waals surface area (Å²) in [7, 11) is 3.20. The second kappa shape index (κ2) is 9.15. The zero-order valence-electron chi connectivity index (χ0n) is 14.5. The fraction of sp³-hybridized carbons (Fsp3) is 0.556. The molecule has 1 aliphatic heterocycles. The minimum atomic E-state index is -0.106. The molecular weight excluding hydrogens is 308 g/mol. The molecule has 0 unspecified atom stereocenters. The Balaban J connectivity index is 1.79. The van der Waals surface area contributed by atoms with Gasteiger partial charge in [0.2, 0.25) is 11.8 Å². The van der Waals surface area contributed by atoms with Gasteiger partial charge >= 0.3 is 0 Å². The number of rotatable bonds is 7. The molecule has 1 fully saturated rings. The van der Waals surface area contributed by atoms with Crippen LogP contribution in [0.2, 0.25) is 0 Å². The Morgan fingerprint density at radius 3 is 2.71 bits per heavy atom. The number of carbonyl (C=O) groups excluding carboxylic acids is 2. The van der Waals surface area contributed by atoms with Gasteiger partial charge in [0.1, 0.15) is 0 Å². The lowest BCUT2D eigenvalue weighted by molar-refractivity contribution is -0.135. The van der Waals surface area contributed by atoms with Crippen LogP contribution < -0.4 is 14.8 Å². The predicted molar refractivity (Wildman–Crippen MR) is 91.3 cm³/mol. The maximum Gasteiger partial charge on any atom is 0.239 e. The van der Waals surface area contributed by atoms with Gasteiger partial charge in [-0.25, -0.2) is 0 Å². The quantitative estimate of drug-likeness (QED) is 0.825. The lowest BCUT2D eigenvalue weighted by Gasteiger charge is -2.19. The molecule has 2 rings (SSSR count). The Hall–Kier alpha value is -2.24. The molecule has 1 aliphatic rings. The number of carbonyl (C=O) groups is 2. The molecule has 0 bridgehead atoms. The van der Waals surface area contributed by atoms with E-state index in [2.05, 4.69) is 5.32 Å². The Morgan fingerprint density at radius 1 is 1.17 bits per heavy atom. The largest absolute Gasteiger partial charge is 0.493 e. The van der Waals surface area contributed by atoms with E-state index in [0.717, 1.165) is 24.8 Å². The summed E-state index contributed by atoms with van der Waals surface area (Å²) in [5, 5.41) is 2.88. The molecule has 0 atom stereocenters. The molecule has 1 aromatic carbocycles. The highest BCUT2D eigenvalue weighted by Gasteiger charge is 2.18. The number of methoxy groups -OCH3 is 2. The number of benzene rings is 1. The van der Waals surface area contributed by atoms with E-state index in [-0.39, 0.29) is 18.4 Å². The number of ether oxygens (including phenoxy) is 2. The van der Waals surface area contributed by atoms with Crippen LogP contribution in [-0.2, 0) is 16.0 Å². The van der Waals surface area contributed by atoms with Crippen molar-refractivity contribution < 1.29 is 19.1 Å². The first-order valence-corrected chi connectivity index (χ1v) is 8.39. The molecule has 6 heteroatoms. The maximum atomic E-state index is 12.0. The highest BCUT2D eigenvalue weighted by molar-refractivity contribution is 5.84. The summed E-state index contributed by atoms with van der Waals surface area (Å²) in [6, 6.07) is 5.71. The molecule has 6 nitrogen and oxygen atoms in total. The van der Waals surface area contributed by atoms with Crippen LogP contribution in [-0.4, -0.2) is 50.6 Å². The molecule has 1 saturated heterocycles. The molecule has 24 heavy (non-hydrogen) atoms. The third-order valence-electron chi connectivity index (χ3n) is 4.19. The number of likely N-dealkylation sites (tertiary alicyclic amines) is 1. The number of nitrogens with one attached hydrogen (secondary N) is 1. The van der Waals surface area contributed by atoms with Crippen molar-refractivity contribution in [1.82, 2.24) is 10.2 Å². The number of nitrogens with zero attached hydrogens (tertiary/aromatic N) is 1. The minimum Gasteiger partial charge on any atom is -0.493 e. The normalized spacial score (nSPS) is 14.9. The minimum absolute atomic E-state index is 0.0857. The van der Waals surface area contributed by atoms with E-state index in [4.69, 9.17) is 9.47 Å². The summed E-state index contributed by atoms with van der Waals surface area (Å²) in [6.07, 6.45) is 4.21. The van der Waals surface area contributed by atoms with Crippen molar-refractivity contribution in [2.45, 2.75) is 32.1 Å². The van der Waals surface area contributed by atoms with Crippen molar-refractivity contribution in [1.29, 1.82) is 0 Å². The van der Waals surface area contributed by atoms with Gasteiger partial charge in [0, 0.05) is 19.5 Å². The molecule has 0 aliphatic carbocycles. The van der Waals surface area contributed by atoms with Crippen molar-refractivity contribution in [2.24, 2.45) is 0 Å². The molecule has 1 heterocycles. The molecule has 0 spiro atoms. The van der Waals surface area contributed by atoms with Crippen molar-refractivity contribution in [3.63, 3.8) is 0 Å². The van der Waals surface area contributed by atoms with Gasteiger partial charge < -0.3 is 19.7 Å². The Morgan fingerprint density at radius 2 is 1.96 bits per heavy atom. The van der Waals surface area contributed by atoms with E-state index in [1.54, 1.807) is 19.1 Å². The van der Waals surface area contributed by atoms with Gasteiger partial charge in [-0.1, -0.05) is 12.5 Å². The number of hydrogen-bond acceptors (Lipinski definition) is 4. The average molecular weight is 334 g/mol. The molecule has 1 aromatic rings. The summed E-state index contributed by atoms with van der Waals surface area (Å²) < 4.78 is 10.5. The van der Waals surface area contributed by atoms with Crippen LogP contribution in [0, 0.1) is 0 Å². The summed E-state index contributed by atoms with van der Waals surface area (Å²) in [4.78, 5) is 25.6. The third kappa shape index (κ3) is 5.15. The van der Waals surface area contributed by atoms with E-state index in [0.29, 0.717) is 37.4 Å². The Kier molecular flexibility index (Phi) is 6.90. The zero-order valence-corrected chi connectivity index (χ0v) is 14.5. The van der Waals surface area contributed by atoms with Gasteiger partial charge in [0.15, 0.2) is 11.5 Å². The van der Waals surface area contributed by atoms with Crippen molar-refractivity contribution >= 4 is 11.8 Å². The van der Waals surface area contributed by atoms with E-state index >= 15 is 0 Å². The van der Waals surface area contributed by atoms with Gasteiger partial charge in [-0.3, -0.25) is 9.59 Å². The number of amides is 2. The average Bonchev–Trinajstić information content (AvgIpc) is 2.79. The van der Waals surface area contributed by atoms with Crippen LogP contribution in [0.15, 0.2) is 18.2 Å². The van der Waals surface area contributed by atoms with Gasteiger partial charge in [0.25, 0.3) is 0 Å². The Labute approximate surface area is 143 Å². The summed E-state index contributed by atoms with van der Waals surface area (Å²) in [5.41, 5.74) is 1.05. The van der Waals surface area contributed by atoms with Gasteiger partial charge in [-0.2, -0.15) is 0 Å². The first-order valence-electron chi connectivity index (χ1n) is 8.39. The second-order valence-corrected chi connectivity index (χ2v) is 5.92. The fourth-order valence-corrected chi connectivity index (χ4v) is 2.82. The summed E-state index contributed by atoms with van der Waals surface area (Å²) in [5.74, 6) is 1.34. The first-order chi connectivity index (χ1) is 11.6. The molecule has 0 radical (unpaired) electrons. The summed E-state index contributed by atoms with van der Waals surface area (Å²) in [6.45, 7) is 1.36. The SMILES string of the molecule is COc1ccc(CCNC(=O)CN2CCCCCC2=O)cc1OC. The predicted octanol–water partition coefficient (Wildman–Crippen LogP) is 1.77. The first kappa shape index (κ1) is 18.1. The molecule has 132 valence electrons. The van der Waals surface area contributed by atoms with E-state index in [1.807, 2.05) is 18.2 Å². The van der Waals surface area contributed by atoms with Gasteiger partial charge in [-0.05, 0) is 37.0 Å². The van der Waals surface area contributed by atoms with Crippen LogP contribution in [0.5, 0.6) is 11.5 Å². The number of hydrogen-bond donors (Lipinski definition) is 1. The fourth-order valence-electron chi connectivity index (χ4n) is 2.82. The molecular formula is C18H26N2O4.